The molecule has 0 heterocycles. The van der Waals surface area contributed by atoms with E-state index < -0.39 is 5.60 Å². The third-order valence-corrected chi connectivity index (χ3v) is 10.5. The van der Waals surface area contributed by atoms with Crippen LogP contribution in [0.1, 0.15) is 105 Å². The number of allylic oxidation sites excluding steroid dienone is 1. The Morgan fingerprint density at radius 3 is 2.48 bits per heavy atom. The lowest BCUT2D eigenvalue weighted by molar-refractivity contribution is -0.189. The van der Waals surface area contributed by atoms with Crippen LogP contribution in [-0.4, -0.2) is 21.9 Å². The van der Waals surface area contributed by atoms with Crippen LogP contribution in [0, 0.1) is 40.4 Å². The fourth-order valence-electron chi connectivity index (χ4n) is 8.60. The highest BCUT2D eigenvalue weighted by Crippen LogP contribution is 2.68. The molecular weight excluding hydrogens is 356 g/mol. The van der Waals surface area contributed by atoms with Gasteiger partial charge in [-0.05, 0) is 86.4 Å². The lowest BCUT2D eigenvalue weighted by Crippen LogP contribution is -2.63. The molecule has 0 unspecified atom stereocenters. The second-order valence-electron chi connectivity index (χ2n) is 12.3. The molecule has 0 amide bonds. The van der Waals surface area contributed by atoms with E-state index in [2.05, 4.69) is 40.7 Å². The molecule has 0 saturated heterocycles. The van der Waals surface area contributed by atoms with Gasteiger partial charge in [-0.25, -0.2) is 0 Å². The third-order valence-electron chi connectivity index (χ3n) is 10.5. The molecule has 0 aromatic carbocycles. The van der Waals surface area contributed by atoms with Crippen LogP contribution in [0.5, 0.6) is 0 Å². The fourth-order valence-corrected chi connectivity index (χ4v) is 8.60. The molecule has 29 heavy (non-hydrogen) atoms. The van der Waals surface area contributed by atoms with Gasteiger partial charge in [0.2, 0.25) is 0 Å². The molecule has 3 saturated carbocycles. The zero-order valence-corrected chi connectivity index (χ0v) is 19.7. The maximum Gasteiger partial charge on any atom is 0.0772 e. The minimum absolute atomic E-state index is 0.114. The second-order valence-corrected chi connectivity index (χ2v) is 12.3. The topological polar surface area (TPSA) is 40.5 Å². The molecule has 2 N–H and O–H groups in total. The Balaban J connectivity index is 1.54. The van der Waals surface area contributed by atoms with E-state index in [4.69, 9.17) is 0 Å². The summed E-state index contributed by atoms with van der Waals surface area (Å²) in [7, 11) is 0. The van der Waals surface area contributed by atoms with Gasteiger partial charge in [0.15, 0.2) is 0 Å². The summed E-state index contributed by atoms with van der Waals surface area (Å²) in [5.74, 6) is 3.54. The highest BCUT2D eigenvalue weighted by Gasteiger charge is 2.65. The summed E-state index contributed by atoms with van der Waals surface area (Å²) >= 11 is 0. The largest absolute Gasteiger partial charge is 0.393 e. The monoisotopic (exact) mass is 402 g/mol. The highest BCUT2D eigenvalue weighted by molar-refractivity contribution is 5.30. The van der Waals surface area contributed by atoms with E-state index in [1.54, 1.807) is 0 Å². The SMILES string of the molecule is CC(C)CCC[C@@H](C)[C@H]1CC[C@H]2[C@@H]3CC=C4C[C@@H](O)CC[C@]4(C)[C@@]3(O)CC[C@]12C. The predicted octanol–water partition coefficient (Wildman–Crippen LogP) is 6.50. The molecule has 4 aliphatic carbocycles. The van der Waals surface area contributed by atoms with Gasteiger partial charge >= 0.3 is 0 Å². The smallest absolute Gasteiger partial charge is 0.0772 e. The van der Waals surface area contributed by atoms with Gasteiger partial charge < -0.3 is 10.2 Å². The van der Waals surface area contributed by atoms with E-state index in [-0.39, 0.29) is 11.5 Å². The Labute approximate surface area is 179 Å². The lowest BCUT2D eigenvalue weighted by Gasteiger charge is -2.63. The van der Waals surface area contributed by atoms with Crippen LogP contribution in [0.2, 0.25) is 0 Å². The van der Waals surface area contributed by atoms with Gasteiger partial charge in [-0.2, -0.15) is 0 Å². The van der Waals surface area contributed by atoms with E-state index in [0.717, 1.165) is 49.9 Å². The quantitative estimate of drug-likeness (QED) is 0.515. The van der Waals surface area contributed by atoms with Crippen LogP contribution in [0.3, 0.4) is 0 Å². The first-order chi connectivity index (χ1) is 13.6. The summed E-state index contributed by atoms with van der Waals surface area (Å²) in [6.45, 7) is 12.1. The average Bonchev–Trinajstić information content (AvgIpc) is 3.00. The normalized spacial score (nSPS) is 47.9. The first-order valence-electron chi connectivity index (χ1n) is 12.7. The standard InChI is InChI=1S/C27H46O2/c1-18(2)7-6-8-19(3)22-11-12-23-24-10-9-20-17-21(28)13-14-26(20,5)27(24,29)16-15-25(22,23)4/h9,18-19,21-24,28-29H,6-8,10-17H2,1-5H3/t19-,21+,22-,23+,24+,25-,26+,27-/m1/s1. The van der Waals surface area contributed by atoms with Crippen LogP contribution < -0.4 is 0 Å². The minimum Gasteiger partial charge on any atom is -0.393 e. The molecule has 0 radical (unpaired) electrons. The van der Waals surface area contributed by atoms with Gasteiger partial charge in [0.25, 0.3) is 0 Å². The molecule has 2 nitrogen and oxygen atoms in total. The van der Waals surface area contributed by atoms with E-state index in [9.17, 15) is 10.2 Å². The summed E-state index contributed by atoms with van der Waals surface area (Å²) in [6, 6.07) is 0. The molecule has 0 bridgehead atoms. The summed E-state index contributed by atoms with van der Waals surface area (Å²) < 4.78 is 0. The number of rotatable bonds is 5. The van der Waals surface area contributed by atoms with E-state index in [1.165, 1.54) is 44.1 Å². The summed E-state index contributed by atoms with van der Waals surface area (Å²) in [5, 5.41) is 22.4. The first-order valence-corrected chi connectivity index (χ1v) is 12.7. The number of hydrogen-bond acceptors (Lipinski definition) is 2. The molecule has 8 atom stereocenters. The molecule has 0 aromatic rings. The van der Waals surface area contributed by atoms with E-state index >= 15 is 0 Å². The number of fused-ring (bicyclic) bond motifs is 5. The van der Waals surface area contributed by atoms with Gasteiger partial charge in [-0.1, -0.05) is 65.5 Å². The summed E-state index contributed by atoms with van der Waals surface area (Å²) in [5.41, 5.74) is 1.09. The maximum absolute atomic E-state index is 12.2. The summed E-state index contributed by atoms with van der Waals surface area (Å²) in [4.78, 5) is 0. The molecule has 2 heteroatoms. The van der Waals surface area contributed by atoms with Gasteiger partial charge in [0.1, 0.15) is 0 Å². The zero-order chi connectivity index (χ0) is 21.0. The number of aliphatic hydroxyl groups excluding tert-OH is 1. The Morgan fingerprint density at radius 1 is 1.00 bits per heavy atom. The second kappa shape index (κ2) is 7.66. The van der Waals surface area contributed by atoms with Crippen LogP contribution >= 0.6 is 0 Å². The molecule has 0 aromatic heterocycles. The van der Waals surface area contributed by atoms with Crippen molar-refractivity contribution in [3.8, 4) is 0 Å². The van der Waals surface area contributed by atoms with Crippen molar-refractivity contribution in [3.05, 3.63) is 11.6 Å². The zero-order valence-electron chi connectivity index (χ0n) is 19.7. The molecule has 0 aliphatic heterocycles. The molecule has 3 fully saturated rings. The van der Waals surface area contributed by atoms with Crippen LogP contribution in [0.25, 0.3) is 0 Å². The van der Waals surface area contributed by atoms with Crippen molar-refractivity contribution in [1.29, 1.82) is 0 Å². The van der Waals surface area contributed by atoms with Crippen molar-refractivity contribution in [2.75, 3.05) is 0 Å². The lowest BCUT2D eigenvalue weighted by atomic mass is 9.44. The van der Waals surface area contributed by atoms with Gasteiger partial charge in [-0.3, -0.25) is 0 Å². The Kier molecular flexibility index (Phi) is 5.78. The van der Waals surface area contributed by atoms with Gasteiger partial charge in [0, 0.05) is 5.41 Å². The van der Waals surface area contributed by atoms with E-state index in [0.29, 0.717) is 17.3 Å². The van der Waals surface area contributed by atoms with Crippen molar-refractivity contribution >= 4 is 0 Å². The summed E-state index contributed by atoms with van der Waals surface area (Å²) in [6.07, 6.45) is 14.8. The van der Waals surface area contributed by atoms with E-state index in [1.807, 2.05) is 0 Å². The molecule has 4 aliphatic rings. The Morgan fingerprint density at radius 2 is 1.76 bits per heavy atom. The van der Waals surface area contributed by atoms with Gasteiger partial charge in [-0.15, -0.1) is 0 Å². The Hall–Kier alpha value is -0.340. The van der Waals surface area contributed by atoms with Crippen LogP contribution in [-0.2, 0) is 0 Å². The number of aliphatic hydroxyl groups is 2. The van der Waals surface area contributed by atoms with Crippen molar-refractivity contribution in [1.82, 2.24) is 0 Å². The van der Waals surface area contributed by atoms with Gasteiger partial charge in [0.05, 0.1) is 11.7 Å². The average molecular weight is 403 g/mol. The predicted molar refractivity (Wildman–Crippen MR) is 121 cm³/mol. The van der Waals surface area contributed by atoms with Crippen molar-refractivity contribution < 1.29 is 10.2 Å². The Bertz CT molecular complexity index is 638. The third kappa shape index (κ3) is 3.36. The van der Waals surface area contributed by atoms with Crippen molar-refractivity contribution in [2.24, 2.45) is 40.4 Å². The fraction of sp³-hybridized carbons (Fsp3) is 0.926. The number of hydrogen-bond donors (Lipinski definition) is 2. The minimum atomic E-state index is -0.558. The molecular formula is C27H46O2. The molecule has 0 spiro atoms. The van der Waals surface area contributed by atoms with Crippen molar-refractivity contribution in [2.45, 2.75) is 117 Å². The first kappa shape index (κ1) is 21.9. The maximum atomic E-state index is 12.2. The molecule has 4 rings (SSSR count). The molecule has 166 valence electrons. The highest BCUT2D eigenvalue weighted by atomic mass is 16.3. The van der Waals surface area contributed by atoms with Crippen LogP contribution in [0.4, 0.5) is 0 Å². The van der Waals surface area contributed by atoms with Crippen LogP contribution in [0.15, 0.2) is 11.6 Å². The van der Waals surface area contributed by atoms with Crippen molar-refractivity contribution in [3.63, 3.8) is 0 Å².